The van der Waals surface area contributed by atoms with Gasteiger partial charge in [-0.05, 0) is 39.9 Å². The number of rotatable bonds is 2. The minimum Gasteiger partial charge on any atom is -0.340 e. The van der Waals surface area contributed by atoms with E-state index in [-0.39, 0.29) is 5.91 Å². The van der Waals surface area contributed by atoms with E-state index in [4.69, 9.17) is 0 Å². The van der Waals surface area contributed by atoms with Crippen molar-refractivity contribution in [1.82, 2.24) is 9.80 Å². The molecule has 0 bridgehead atoms. The van der Waals surface area contributed by atoms with E-state index in [1.54, 1.807) is 6.92 Å². The molecule has 0 unspecified atom stereocenters. The lowest BCUT2D eigenvalue weighted by molar-refractivity contribution is -0.131. The van der Waals surface area contributed by atoms with Crippen LogP contribution in [0.3, 0.4) is 0 Å². The quantitative estimate of drug-likeness (QED) is 0.638. The molecule has 76 valence electrons. The first-order chi connectivity index (χ1) is 6.15. The smallest absolute Gasteiger partial charge is 0.219 e. The van der Waals surface area contributed by atoms with Gasteiger partial charge in [-0.2, -0.15) is 0 Å². The molecule has 1 aliphatic rings. The van der Waals surface area contributed by atoms with Crippen molar-refractivity contribution in [2.45, 2.75) is 32.7 Å². The van der Waals surface area contributed by atoms with Gasteiger partial charge in [-0.25, -0.2) is 0 Å². The molecule has 0 N–H and O–H groups in total. The predicted octanol–water partition coefficient (Wildman–Crippen LogP) is 0.949. The number of hydrogen-bond acceptors (Lipinski definition) is 2. The fourth-order valence-corrected chi connectivity index (χ4v) is 2.04. The standard InChI is InChI=1S/C10H20N2O/c1-4-12(9(2)13)10-5-7-11(3)8-6-10/h10H,4-8H2,1-3H3. The molecule has 1 amide bonds. The number of piperidine rings is 1. The third kappa shape index (κ3) is 2.69. The van der Waals surface area contributed by atoms with Gasteiger partial charge in [-0.3, -0.25) is 4.79 Å². The summed E-state index contributed by atoms with van der Waals surface area (Å²) in [5, 5.41) is 0. The van der Waals surface area contributed by atoms with Crippen molar-refractivity contribution in [1.29, 1.82) is 0 Å². The summed E-state index contributed by atoms with van der Waals surface area (Å²) in [4.78, 5) is 15.6. The molecule has 1 heterocycles. The van der Waals surface area contributed by atoms with E-state index >= 15 is 0 Å². The van der Waals surface area contributed by atoms with Gasteiger partial charge in [0.1, 0.15) is 0 Å². The predicted molar refractivity (Wildman–Crippen MR) is 53.6 cm³/mol. The van der Waals surface area contributed by atoms with Crippen molar-refractivity contribution in [3.05, 3.63) is 0 Å². The van der Waals surface area contributed by atoms with E-state index in [9.17, 15) is 4.79 Å². The summed E-state index contributed by atoms with van der Waals surface area (Å²) in [7, 11) is 2.14. The van der Waals surface area contributed by atoms with Gasteiger partial charge in [-0.1, -0.05) is 0 Å². The molecule has 3 heteroatoms. The molecule has 0 radical (unpaired) electrons. The summed E-state index contributed by atoms with van der Waals surface area (Å²) >= 11 is 0. The summed E-state index contributed by atoms with van der Waals surface area (Å²) in [6, 6.07) is 0.485. The van der Waals surface area contributed by atoms with Crippen LogP contribution in [0.4, 0.5) is 0 Å². The Bertz CT molecular complexity index is 174. The van der Waals surface area contributed by atoms with Gasteiger partial charge >= 0.3 is 0 Å². The summed E-state index contributed by atoms with van der Waals surface area (Å²) in [5.74, 6) is 0.219. The van der Waals surface area contributed by atoms with E-state index in [1.165, 1.54) is 0 Å². The molecule has 0 spiro atoms. The third-order valence-electron chi connectivity index (χ3n) is 2.87. The minimum atomic E-state index is 0.219. The Balaban J connectivity index is 2.46. The lowest BCUT2D eigenvalue weighted by Gasteiger charge is -2.36. The molecular weight excluding hydrogens is 164 g/mol. The van der Waals surface area contributed by atoms with Gasteiger partial charge in [0.15, 0.2) is 0 Å². The highest BCUT2D eigenvalue weighted by atomic mass is 16.2. The highest BCUT2D eigenvalue weighted by Gasteiger charge is 2.23. The second-order valence-corrected chi connectivity index (χ2v) is 3.84. The number of carbonyl (C=O) groups excluding carboxylic acids is 1. The zero-order chi connectivity index (χ0) is 9.84. The fourth-order valence-electron chi connectivity index (χ4n) is 2.04. The Labute approximate surface area is 80.7 Å². The van der Waals surface area contributed by atoms with Crippen LogP contribution in [0.1, 0.15) is 26.7 Å². The first kappa shape index (κ1) is 10.5. The molecule has 0 aliphatic carbocycles. The Hall–Kier alpha value is -0.570. The second-order valence-electron chi connectivity index (χ2n) is 3.84. The average Bonchev–Trinajstić information content (AvgIpc) is 2.09. The number of carbonyl (C=O) groups is 1. The molecule has 1 aliphatic heterocycles. The maximum absolute atomic E-state index is 11.3. The van der Waals surface area contributed by atoms with Crippen LogP contribution in [0, 0.1) is 0 Å². The number of nitrogens with zero attached hydrogens (tertiary/aromatic N) is 2. The Morgan fingerprint density at radius 1 is 1.46 bits per heavy atom. The molecule has 1 rings (SSSR count). The Kier molecular flexibility index (Phi) is 3.72. The van der Waals surface area contributed by atoms with Crippen molar-refractivity contribution in [3.8, 4) is 0 Å². The van der Waals surface area contributed by atoms with Gasteiger partial charge in [0.25, 0.3) is 0 Å². The first-order valence-electron chi connectivity index (χ1n) is 5.11. The van der Waals surface area contributed by atoms with Crippen LogP contribution in [-0.4, -0.2) is 48.4 Å². The lowest BCUT2D eigenvalue weighted by Crippen LogP contribution is -2.45. The molecule has 1 saturated heterocycles. The normalized spacial score (nSPS) is 20.2. The molecule has 0 saturated carbocycles. The second kappa shape index (κ2) is 4.61. The van der Waals surface area contributed by atoms with Crippen LogP contribution in [0.15, 0.2) is 0 Å². The van der Waals surface area contributed by atoms with E-state index < -0.39 is 0 Å². The molecule has 13 heavy (non-hydrogen) atoms. The fraction of sp³-hybridized carbons (Fsp3) is 0.900. The number of hydrogen-bond donors (Lipinski definition) is 0. The van der Waals surface area contributed by atoms with Crippen molar-refractivity contribution < 1.29 is 4.79 Å². The van der Waals surface area contributed by atoms with Crippen LogP contribution in [-0.2, 0) is 4.79 Å². The molecule has 0 aromatic carbocycles. The maximum atomic E-state index is 11.3. The molecule has 0 atom stereocenters. The van der Waals surface area contributed by atoms with Crippen LogP contribution in [0.25, 0.3) is 0 Å². The van der Waals surface area contributed by atoms with E-state index in [0.717, 1.165) is 32.5 Å². The lowest BCUT2D eigenvalue weighted by atomic mass is 10.0. The summed E-state index contributed by atoms with van der Waals surface area (Å²) < 4.78 is 0. The first-order valence-corrected chi connectivity index (χ1v) is 5.11. The largest absolute Gasteiger partial charge is 0.340 e. The van der Waals surface area contributed by atoms with Crippen LogP contribution >= 0.6 is 0 Å². The highest BCUT2D eigenvalue weighted by Crippen LogP contribution is 2.15. The monoisotopic (exact) mass is 184 g/mol. The van der Waals surface area contributed by atoms with Gasteiger partial charge in [0, 0.05) is 19.5 Å². The topological polar surface area (TPSA) is 23.6 Å². The average molecular weight is 184 g/mol. The van der Waals surface area contributed by atoms with Crippen LogP contribution in [0.2, 0.25) is 0 Å². The minimum absolute atomic E-state index is 0.219. The van der Waals surface area contributed by atoms with E-state index in [2.05, 4.69) is 18.9 Å². The summed E-state index contributed by atoms with van der Waals surface area (Å²) in [6.07, 6.45) is 2.26. The summed E-state index contributed by atoms with van der Waals surface area (Å²) in [6.45, 7) is 6.81. The van der Waals surface area contributed by atoms with E-state index in [1.807, 2.05) is 4.90 Å². The van der Waals surface area contributed by atoms with Crippen molar-refractivity contribution >= 4 is 5.91 Å². The molecular formula is C10H20N2O. The number of likely N-dealkylation sites (tertiary alicyclic amines) is 1. The Morgan fingerprint density at radius 2 is 2.00 bits per heavy atom. The van der Waals surface area contributed by atoms with E-state index in [0.29, 0.717) is 6.04 Å². The van der Waals surface area contributed by atoms with Crippen molar-refractivity contribution in [2.75, 3.05) is 26.7 Å². The van der Waals surface area contributed by atoms with Crippen LogP contribution in [0.5, 0.6) is 0 Å². The molecule has 1 fully saturated rings. The molecule has 0 aromatic rings. The van der Waals surface area contributed by atoms with Gasteiger partial charge in [-0.15, -0.1) is 0 Å². The highest BCUT2D eigenvalue weighted by molar-refractivity contribution is 5.73. The third-order valence-corrected chi connectivity index (χ3v) is 2.87. The van der Waals surface area contributed by atoms with Gasteiger partial charge in [0.05, 0.1) is 0 Å². The van der Waals surface area contributed by atoms with Crippen molar-refractivity contribution in [3.63, 3.8) is 0 Å². The SMILES string of the molecule is CCN(C(C)=O)C1CCN(C)CC1. The van der Waals surface area contributed by atoms with Crippen LogP contribution < -0.4 is 0 Å². The van der Waals surface area contributed by atoms with Crippen molar-refractivity contribution in [2.24, 2.45) is 0 Å². The zero-order valence-electron chi connectivity index (χ0n) is 8.92. The molecule has 3 nitrogen and oxygen atoms in total. The Morgan fingerprint density at radius 3 is 2.38 bits per heavy atom. The zero-order valence-corrected chi connectivity index (χ0v) is 8.92. The summed E-state index contributed by atoms with van der Waals surface area (Å²) in [5.41, 5.74) is 0. The number of amides is 1. The molecule has 0 aromatic heterocycles. The van der Waals surface area contributed by atoms with Gasteiger partial charge < -0.3 is 9.80 Å². The maximum Gasteiger partial charge on any atom is 0.219 e. The van der Waals surface area contributed by atoms with Gasteiger partial charge in [0.2, 0.25) is 5.91 Å².